The van der Waals surface area contributed by atoms with Crippen LogP contribution in [-0.2, 0) is 16.1 Å². The van der Waals surface area contributed by atoms with Gasteiger partial charge in [0.25, 0.3) is 0 Å². The fourth-order valence-electron chi connectivity index (χ4n) is 2.15. The lowest BCUT2D eigenvalue weighted by molar-refractivity contribution is -0.125. The van der Waals surface area contributed by atoms with Gasteiger partial charge in [-0.3, -0.25) is 9.59 Å². The van der Waals surface area contributed by atoms with E-state index in [4.69, 9.17) is 11.5 Å². The maximum absolute atomic E-state index is 12.0. The second kappa shape index (κ2) is 5.75. The number of carbonyl (C=O) groups is 2. The van der Waals surface area contributed by atoms with Crippen molar-refractivity contribution in [1.82, 2.24) is 25.2 Å². The number of hydrogen-bond donors (Lipinski definition) is 3. The smallest absolute Gasteiger partial charge is 0.240 e. The Balaban J connectivity index is 2.02. The molecule has 10 nitrogen and oxygen atoms in total. The number of imidazole rings is 1. The summed E-state index contributed by atoms with van der Waals surface area (Å²) < 4.78 is 6.21. The minimum absolute atomic E-state index is 0.0686. The molecule has 0 aliphatic rings. The van der Waals surface area contributed by atoms with Crippen molar-refractivity contribution in [2.75, 3.05) is 12.3 Å². The van der Waals surface area contributed by atoms with E-state index in [1.165, 1.54) is 0 Å². The zero-order chi connectivity index (χ0) is 16.4. The molecule has 0 spiro atoms. The zero-order valence-corrected chi connectivity index (χ0v) is 11.9. The highest BCUT2D eigenvalue weighted by molar-refractivity contribution is 5.87. The van der Waals surface area contributed by atoms with Crippen molar-refractivity contribution in [1.29, 1.82) is 0 Å². The Morgan fingerprint density at radius 3 is 2.74 bits per heavy atom. The van der Waals surface area contributed by atoms with Crippen LogP contribution in [0.5, 0.6) is 0 Å². The summed E-state index contributed by atoms with van der Waals surface area (Å²) in [5.74, 6) is -0.611. The van der Waals surface area contributed by atoms with Crippen molar-refractivity contribution in [3.63, 3.8) is 0 Å². The highest BCUT2D eigenvalue weighted by Crippen LogP contribution is 2.26. The topological polar surface area (TPSA) is 155 Å². The summed E-state index contributed by atoms with van der Waals surface area (Å²) >= 11 is 0. The molecule has 0 radical (unpaired) electrons. The zero-order valence-electron chi connectivity index (χ0n) is 11.9. The number of para-hydroxylation sites is 2. The molecule has 118 valence electrons. The van der Waals surface area contributed by atoms with Crippen LogP contribution >= 0.6 is 0 Å². The fourth-order valence-corrected chi connectivity index (χ4v) is 2.15. The molecule has 23 heavy (non-hydrogen) atoms. The average Bonchev–Trinajstić information content (AvgIpc) is 3.09. The summed E-state index contributed by atoms with van der Waals surface area (Å²) in [6, 6.07) is 7.23. The number of rotatable bonds is 5. The maximum atomic E-state index is 12.0. The summed E-state index contributed by atoms with van der Waals surface area (Å²) in [5, 5.41) is 9.66. The second-order valence-corrected chi connectivity index (χ2v) is 4.75. The lowest BCUT2D eigenvalue weighted by Crippen LogP contribution is -2.35. The first-order chi connectivity index (χ1) is 11.1. The first-order valence-corrected chi connectivity index (χ1v) is 6.65. The molecule has 5 N–H and O–H groups in total. The van der Waals surface area contributed by atoms with Crippen LogP contribution in [-0.4, -0.2) is 38.2 Å². The molecule has 3 aromatic rings. The molecule has 10 heteroatoms. The number of primary amides is 1. The molecule has 0 unspecified atom stereocenters. The third-order valence-corrected chi connectivity index (χ3v) is 3.14. The number of nitrogen functional groups attached to an aromatic ring is 1. The van der Waals surface area contributed by atoms with Crippen LogP contribution in [0.2, 0.25) is 0 Å². The van der Waals surface area contributed by atoms with E-state index in [1.807, 2.05) is 12.1 Å². The van der Waals surface area contributed by atoms with Crippen molar-refractivity contribution in [2.24, 2.45) is 5.73 Å². The van der Waals surface area contributed by atoms with Crippen LogP contribution in [0.25, 0.3) is 22.6 Å². The van der Waals surface area contributed by atoms with Gasteiger partial charge >= 0.3 is 0 Å². The molecule has 0 atom stereocenters. The number of amides is 2. The van der Waals surface area contributed by atoms with Crippen molar-refractivity contribution < 1.29 is 14.2 Å². The van der Waals surface area contributed by atoms with E-state index >= 15 is 0 Å². The minimum atomic E-state index is -0.626. The summed E-state index contributed by atoms with van der Waals surface area (Å²) in [6.45, 7) is -0.329. The van der Waals surface area contributed by atoms with Gasteiger partial charge in [-0.1, -0.05) is 12.1 Å². The molecule has 2 aromatic heterocycles. The Hall–Kier alpha value is -3.43. The van der Waals surface area contributed by atoms with E-state index in [9.17, 15) is 9.59 Å². The number of nitrogens with one attached hydrogen (secondary N) is 1. The van der Waals surface area contributed by atoms with Gasteiger partial charge in [0.2, 0.25) is 11.8 Å². The van der Waals surface area contributed by atoms with Crippen LogP contribution in [0.3, 0.4) is 0 Å². The molecule has 0 saturated heterocycles. The molecule has 0 saturated carbocycles. The summed E-state index contributed by atoms with van der Waals surface area (Å²) in [6.07, 6.45) is 0. The van der Waals surface area contributed by atoms with Gasteiger partial charge in [0, 0.05) is 0 Å². The number of nitrogens with two attached hydrogens (primary N) is 2. The van der Waals surface area contributed by atoms with Gasteiger partial charge in [0.1, 0.15) is 6.54 Å². The second-order valence-electron chi connectivity index (χ2n) is 4.75. The fraction of sp³-hybridized carbons (Fsp3) is 0.154. The van der Waals surface area contributed by atoms with Crippen molar-refractivity contribution in [3.8, 4) is 11.5 Å². The van der Waals surface area contributed by atoms with Gasteiger partial charge in [0.05, 0.1) is 17.6 Å². The van der Waals surface area contributed by atoms with Crippen molar-refractivity contribution in [2.45, 2.75) is 6.54 Å². The summed E-state index contributed by atoms with van der Waals surface area (Å²) in [7, 11) is 0. The quantitative estimate of drug-likeness (QED) is 0.560. The molecular weight excluding hydrogens is 302 g/mol. The van der Waals surface area contributed by atoms with Gasteiger partial charge in [-0.2, -0.15) is 0 Å². The molecule has 3 rings (SSSR count). The third-order valence-electron chi connectivity index (χ3n) is 3.14. The Bertz CT molecular complexity index is 883. The predicted molar refractivity (Wildman–Crippen MR) is 79.6 cm³/mol. The van der Waals surface area contributed by atoms with Crippen LogP contribution in [0, 0.1) is 0 Å². The Morgan fingerprint density at radius 2 is 2.04 bits per heavy atom. The van der Waals surface area contributed by atoms with Crippen LogP contribution in [0.1, 0.15) is 0 Å². The number of nitrogens with zero attached hydrogens (tertiary/aromatic N) is 4. The summed E-state index contributed by atoms with van der Waals surface area (Å²) in [4.78, 5) is 27.2. The van der Waals surface area contributed by atoms with E-state index in [-0.39, 0.29) is 24.6 Å². The molecule has 0 aliphatic heterocycles. The summed E-state index contributed by atoms with van der Waals surface area (Å²) in [5.41, 5.74) is 12.3. The van der Waals surface area contributed by atoms with E-state index in [0.29, 0.717) is 16.9 Å². The Kier molecular flexibility index (Phi) is 3.63. The van der Waals surface area contributed by atoms with E-state index in [2.05, 4.69) is 25.2 Å². The standard InChI is InChI=1S/C13H13N7O3/c14-9(21)5-16-10(22)6-20-8-4-2-1-3-7(8)17-13(20)11-12(15)19-23-18-11/h1-4H,5-6H2,(H2,14,21)(H2,15,19)(H,16,22). The largest absolute Gasteiger partial charge is 0.379 e. The van der Waals surface area contributed by atoms with Gasteiger partial charge in [-0.15, -0.1) is 0 Å². The third kappa shape index (κ3) is 2.81. The SMILES string of the molecule is NC(=O)CNC(=O)Cn1c(-c2nonc2N)nc2ccccc21. The minimum Gasteiger partial charge on any atom is -0.379 e. The number of carbonyl (C=O) groups excluding carboxylic acids is 2. The first kappa shape index (κ1) is 14.5. The highest BCUT2D eigenvalue weighted by Gasteiger charge is 2.20. The molecule has 0 bridgehead atoms. The van der Waals surface area contributed by atoms with Gasteiger partial charge in [0.15, 0.2) is 17.3 Å². The Morgan fingerprint density at radius 1 is 1.26 bits per heavy atom. The first-order valence-electron chi connectivity index (χ1n) is 6.65. The van der Waals surface area contributed by atoms with Gasteiger partial charge < -0.3 is 21.4 Å². The molecule has 2 heterocycles. The predicted octanol–water partition coefficient (Wildman–Crippen LogP) is -0.730. The monoisotopic (exact) mass is 315 g/mol. The lowest BCUT2D eigenvalue weighted by Gasteiger charge is -2.08. The highest BCUT2D eigenvalue weighted by atomic mass is 16.6. The normalized spacial score (nSPS) is 10.8. The number of benzene rings is 1. The van der Waals surface area contributed by atoms with Gasteiger partial charge in [-0.25, -0.2) is 9.61 Å². The van der Waals surface area contributed by atoms with E-state index in [1.54, 1.807) is 16.7 Å². The molecule has 1 aromatic carbocycles. The van der Waals surface area contributed by atoms with Crippen LogP contribution in [0.4, 0.5) is 5.82 Å². The molecule has 0 aliphatic carbocycles. The number of anilines is 1. The van der Waals surface area contributed by atoms with E-state index < -0.39 is 11.8 Å². The number of hydrogen-bond acceptors (Lipinski definition) is 7. The van der Waals surface area contributed by atoms with Crippen LogP contribution in [0.15, 0.2) is 28.9 Å². The number of fused-ring (bicyclic) bond motifs is 1. The Labute approximate surface area is 129 Å². The van der Waals surface area contributed by atoms with Crippen LogP contribution < -0.4 is 16.8 Å². The lowest BCUT2D eigenvalue weighted by atomic mass is 10.3. The molecular formula is C13H13N7O3. The van der Waals surface area contributed by atoms with Crippen molar-refractivity contribution in [3.05, 3.63) is 24.3 Å². The number of aromatic nitrogens is 4. The van der Waals surface area contributed by atoms with Gasteiger partial charge in [-0.05, 0) is 22.4 Å². The van der Waals surface area contributed by atoms with Crippen molar-refractivity contribution >= 4 is 28.7 Å². The molecule has 0 fully saturated rings. The average molecular weight is 315 g/mol. The molecule has 2 amide bonds. The van der Waals surface area contributed by atoms with E-state index in [0.717, 1.165) is 0 Å². The maximum Gasteiger partial charge on any atom is 0.240 e.